The van der Waals surface area contributed by atoms with Gasteiger partial charge < -0.3 is 5.11 Å². The van der Waals surface area contributed by atoms with Crippen LogP contribution in [0.15, 0.2) is 0 Å². The van der Waals surface area contributed by atoms with Crippen molar-refractivity contribution in [1.82, 2.24) is 0 Å². The van der Waals surface area contributed by atoms with Crippen molar-refractivity contribution in [2.75, 3.05) is 6.61 Å². The zero-order valence-electron chi connectivity index (χ0n) is 5.49. The number of carboxylic acids is 1. The monoisotopic (exact) mass is 164 g/mol. The second kappa shape index (κ2) is 11.1. The molecule has 0 atom stereocenters. The zero-order valence-corrected chi connectivity index (χ0v) is 5.49. The van der Waals surface area contributed by atoms with E-state index < -0.39 is 18.4 Å². The molecule has 7 heteroatoms. The van der Waals surface area contributed by atoms with Gasteiger partial charge >= 0.3 is 49.7 Å². The number of hydrogen-bond donors (Lipinski definition) is 1. The molecule has 0 saturated carbocycles. The van der Waals surface area contributed by atoms with Crippen molar-refractivity contribution < 1.29 is 24.5 Å². The second-order valence-electron chi connectivity index (χ2n) is 1.43. The van der Waals surface area contributed by atoms with Crippen LogP contribution in [-0.4, -0.2) is 61.4 Å². The van der Waals surface area contributed by atoms with Crippen LogP contribution in [0.5, 0.6) is 0 Å². The maximum absolute atomic E-state index is 10.3. The third kappa shape index (κ3) is 12.7. The summed E-state index contributed by atoms with van der Waals surface area (Å²) in [5.41, 5.74) is 0. The average molecular weight is 164 g/mol. The molecule has 0 aliphatic heterocycles. The molecule has 0 aromatic heterocycles. The third-order valence-electron chi connectivity index (χ3n) is 0.565. The fourth-order valence-electron chi connectivity index (χ4n) is 0.278. The molecule has 0 heterocycles. The first kappa shape index (κ1) is 18.0. The number of hydrogen-bond acceptors (Lipinski definition) is 4. The van der Waals surface area contributed by atoms with Crippen molar-refractivity contribution in [3.63, 3.8) is 0 Å². The molecular formula is C5H10Li2O5. The van der Waals surface area contributed by atoms with Crippen LogP contribution in [0.2, 0.25) is 0 Å². The van der Waals surface area contributed by atoms with E-state index in [4.69, 9.17) is 5.11 Å². The summed E-state index contributed by atoms with van der Waals surface area (Å²) >= 11 is 0. The van der Waals surface area contributed by atoms with E-state index in [1.807, 2.05) is 0 Å². The minimum absolute atomic E-state index is 0. The molecule has 0 fully saturated rings. The Morgan fingerprint density at radius 1 is 1.33 bits per heavy atom. The van der Waals surface area contributed by atoms with Crippen LogP contribution < -0.4 is 0 Å². The van der Waals surface area contributed by atoms with Gasteiger partial charge in [0.25, 0.3) is 0 Å². The van der Waals surface area contributed by atoms with E-state index >= 15 is 0 Å². The summed E-state index contributed by atoms with van der Waals surface area (Å²) in [4.78, 5) is 28.3. The van der Waals surface area contributed by atoms with Gasteiger partial charge in [-0.15, -0.1) is 0 Å². The molecular weight excluding hydrogens is 154 g/mol. The Morgan fingerprint density at radius 3 is 2.17 bits per heavy atom. The van der Waals surface area contributed by atoms with Crippen molar-refractivity contribution in [3.05, 3.63) is 0 Å². The molecule has 0 aliphatic rings. The van der Waals surface area contributed by atoms with Crippen LogP contribution in [0, 0.1) is 0 Å². The summed E-state index contributed by atoms with van der Waals surface area (Å²) in [5.74, 6) is -2.13. The predicted octanol–water partition coefficient (Wildman–Crippen LogP) is -1.34. The third-order valence-corrected chi connectivity index (χ3v) is 0.565. The van der Waals surface area contributed by atoms with Crippen LogP contribution in [0.3, 0.4) is 0 Å². The Bertz CT molecular complexity index is 138. The molecule has 0 bridgehead atoms. The number of carboxylic acid groups (broad SMARTS) is 1. The summed E-state index contributed by atoms with van der Waals surface area (Å²) in [6, 6.07) is 0. The van der Waals surface area contributed by atoms with Gasteiger partial charge in [-0.1, -0.05) is 0 Å². The fourth-order valence-corrected chi connectivity index (χ4v) is 0.278. The number of aliphatic carboxylic acids is 1. The van der Waals surface area contributed by atoms with E-state index in [2.05, 4.69) is 9.78 Å². The van der Waals surface area contributed by atoms with Gasteiger partial charge in [-0.2, -0.15) is 4.89 Å². The Hall–Kier alpha value is 0.0948. The standard InChI is InChI=1S/C5H8O5.2Li.2H/c1-2-9-10-5(8)3-4(6)7;;;;/h2-3H2,1H3,(H,6,7);;;;. The van der Waals surface area contributed by atoms with Crippen LogP contribution in [-0.2, 0) is 19.4 Å². The second-order valence-corrected chi connectivity index (χ2v) is 1.43. The molecule has 5 nitrogen and oxygen atoms in total. The van der Waals surface area contributed by atoms with Crippen LogP contribution in [0.4, 0.5) is 0 Å². The van der Waals surface area contributed by atoms with E-state index in [1.165, 1.54) is 0 Å². The summed E-state index contributed by atoms with van der Waals surface area (Å²) in [6.07, 6.45) is -0.667. The van der Waals surface area contributed by atoms with E-state index in [-0.39, 0.29) is 44.3 Å². The first-order valence-corrected chi connectivity index (χ1v) is 2.71. The van der Waals surface area contributed by atoms with Gasteiger partial charge in [0.05, 0.1) is 6.61 Å². The predicted molar refractivity (Wildman–Crippen MR) is 44.3 cm³/mol. The normalized spacial score (nSPS) is 7.42. The molecule has 0 unspecified atom stereocenters. The van der Waals surface area contributed by atoms with E-state index in [0.29, 0.717) is 0 Å². The van der Waals surface area contributed by atoms with Gasteiger partial charge in [0, 0.05) is 0 Å². The van der Waals surface area contributed by atoms with Gasteiger partial charge in [-0.05, 0) is 6.92 Å². The van der Waals surface area contributed by atoms with Crippen molar-refractivity contribution in [2.24, 2.45) is 0 Å². The van der Waals surface area contributed by atoms with Crippen molar-refractivity contribution >= 4 is 49.7 Å². The average Bonchev–Trinajstić information content (AvgIpc) is 1.82. The molecule has 0 saturated heterocycles. The van der Waals surface area contributed by atoms with Crippen LogP contribution in [0.1, 0.15) is 13.3 Å². The Kier molecular flexibility index (Phi) is 16.6. The van der Waals surface area contributed by atoms with E-state index in [9.17, 15) is 9.59 Å². The summed E-state index contributed by atoms with van der Waals surface area (Å²) in [5, 5.41) is 8.03. The summed E-state index contributed by atoms with van der Waals surface area (Å²) in [6.45, 7) is 1.83. The van der Waals surface area contributed by atoms with Crippen molar-refractivity contribution in [2.45, 2.75) is 13.3 Å². The number of rotatable bonds is 4. The minimum atomic E-state index is -1.23. The first-order chi connectivity index (χ1) is 4.66. The Morgan fingerprint density at radius 2 is 1.83 bits per heavy atom. The first-order valence-electron chi connectivity index (χ1n) is 2.71. The molecule has 62 valence electrons. The molecule has 0 aliphatic carbocycles. The molecule has 0 radical (unpaired) electrons. The topological polar surface area (TPSA) is 72.8 Å². The summed E-state index contributed by atoms with van der Waals surface area (Å²) in [7, 11) is 0. The number of carbonyl (C=O) groups is 2. The van der Waals surface area contributed by atoms with Gasteiger partial charge in [-0.3, -0.25) is 9.68 Å². The Labute approximate surface area is 94.1 Å². The van der Waals surface area contributed by atoms with Crippen molar-refractivity contribution in [1.29, 1.82) is 0 Å². The molecule has 12 heavy (non-hydrogen) atoms. The molecule has 0 aromatic rings. The van der Waals surface area contributed by atoms with Gasteiger partial charge in [-0.25, -0.2) is 4.79 Å². The van der Waals surface area contributed by atoms with Crippen LogP contribution >= 0.6 is 0 Å². The summed E-state index contributed by atoms with van der Waals surface area (Å²) < 4.78 is 0. The Balaban J connectivity index is -0.000000405. The van der Waals surface area contributed by atoms with Crippen LogP contribution in [0.25, 0.3) is 0 Å². The SMILES string of the molecule is CCOOC(=O)CC(=O)O.[LiH].[LiH]. The van der Waals surface area contributed by atoms with Crippen molar-refractivity contribution in [3.8, 4) is 0 Å². The van der Waals surface area contributed by atoms with Gasteiger partial charge in [0.1, 0.15) is 6.42 Å². The van der Waals surface area contributed by atoms with Gasteiger partial charge in [0.2, 0.25) is 0 Å². The van der Waals surface area contributed by atoms with E-state index in [1.54, 1.807) is 6.92 Å². The zero-order chi connectivity index (χ0) is 7.98. The van der Waals surface area contributed by atoms with Gasteiger partial charge in [0.15, 0.2) is 0 Å². The molecule has 1 N–H and O–H groups in total. The molecule has 0 amide bonds. The molecule has 0 aromatic carbocycles. The van der Waals surface area contributed by atoms with E-state index in [0.717, 1.165) is 0 Å². The number of carbonyl (C=O) groups excluding carboxylic acids is 1. The molecule has 0 rings (SSSR count). The molecule has 0 spiro atoms. The quantitative estimate of drug-likeness (QED) is 0.241. The fraction of sp³-hybridized carbons (Fsp3) is 0.600. The maximum atomic E-state index is 10.3.